The maximum atomic E-state index is 11.7. The van der Waals surface area contributed by atoms with Gasteiger partial charge in [0.15, 0.2) is 5.78 Å². The molecule has 1 heterocycles. The molecule has 1 atom stereocenters. The Morgan fingerprint density at radius 2 is 2.36 bits per heavy atom. The molecule has 1 unspecified atom stereocenters. The first-order valence-electron chi connectivity index (χ1n) is 3.98. The first-order valence-corrected chi connectivity index (χ1v) is 5.56. The van der Waals surface area contributed by atoms with Crippen LogP contribution in [0.2, 0.25) is 8.67 Å². The van der Waals surface area contributed by atoms with Crippen LogP contribution in [0.5, 0.6) is 0 Å². The number of carbonyl (C=O) groups is 1. The van der Waals surface area contributed by atoms with Gasteiger partial charge in [-0.25, -0.2) is 0 Å². The highest BCUT2D eigenvalue weighted by molar-refractivity contribution is 7.20. The number of ketones is 1. The van der Waals surface area contributed by atoms with Gasteiger partial charge in [0, 0.05) is 0 Å². The molecule has 1 rings (SSSR count). The fraction of sp³-hybridized carbons (Fsp3) is 0.333. The van der Waals surface area contributed by atoms with Crippen LogP contribution in [0.25, 0.3) is 0 Å². The summed E-state index contributed by atoms with van der Waals surface area (Å²) in [6.07, 6.45) is 0.485. The molecule has 0 aliphatic heterocycles. The Morgan fingerprint density at radius 1 is 1.71 bits per heavy atom. The van der Waals surface area contributed by atoms with E-state index in [1.807, 2.05) is 6.07 Å². The van der Waals surface area contributed by atoms with Crippen molar-refractivity contribution in [3.63, 3.8) is 0 Å². The summed E-state index contributed by atoms with van der Waals surface area (Å²) in [6.45, 7) is 1.79. The normalized spacial score (nSPS) is 12.1. The van der Waals surface area contributed by atoms with Crippen molar-refractivity contribution in [1.82, 2.24) is 0 Å². The van der Waals surface area contributed by atoms with Crippen LogP contribution in [-0.4, -0.2) is 5.78 Å². The highest BCUT2D eigenvalue weighted by Gasteiger charge is 2.21. The molecule has 0 fully saturated rings. The molecule has 0 amide bonds. The van der Waals surface area contributed by atoms with Crippen LogP contribution in [0.4, 0.5) is 0 Å². The summed E-state index contributed by atoms with van der Waals surface area (Å²) in [6, 6.07) is 3.45. The molecule has 1 aromatic heterocycles. The van der Waals surface area contributed by atoms with Gasteiger partial charge in [0.1, 0.15) is 10.3 Å². The Kier molecular flexibility index (Phi) is 3.94. The molecule has 0 spiro atoms. The Bertz CT molecular complexity index is 394. The summed E-state index contributed by atoms with van der Waals surface area (Å²) in [4.78, 5) is 11.7. The number of hydrogen-bond acceptors (Lipinski definition) is 3. The quantitative estimate of drug-likeness (QED) is 0.763. The monoisotopic (exact) mass is 247 g/mol. The van der Waals surface area contributed by atoms with Crippen molar-refractivity contribution in [3.8, 4) is 6.07 Å². The van der Waals surface area contributed by atoms with Gasteiger partial charge in [-0.3, -0.25) is 4.79 Å². The van der Waals surface area contributed by atoms with Crippen molar-refractivity contribution in [3.05, 3.63) is 20.3 Å². The molecule has 74 valence electrons. The number of thiophene rings is 1. The molecular formula is C9H7Cl2NOS. The lowest BCUT2D eigenvalue weighted by Gasteiger charge is -2.02. The molecule has 0 saturated heterocycles. The topological polar surface area (TPSA) is 40.9 Å². The van der Waals surface area contributed by atoms with Crippen molar-refractivity contribution >= 4 is 40.3 Å². The first-order chi connectivity index (χ1) is 6.60. The zero-order chi connectivity index (χ0) is 10.7. The van der Waals surface area contributed by atoms with E-state index in [1.54, 1.807) is 6.92 Å². The zero-order valence-electron chi connectivity index (χ0n) is 7.38. The second-order valence-corrected chi connectivity index (χ2v) is 4.98. The molecular weight excluding hydrogens is 241 g/mol. The highest BCUT2D eigenvalue weighted by atomic mass is 35.5. The van der Waals surface area contributed by atoms with Gasteiger partial charge < -0.3 is 0 Å². The van der Waals surface area contributed by atoms with Crippen LogP contribution in [0, 0.1) is 17.2 Å². The number of carbonyl (C=O) groups excluding carboxylic acids is 1. The number of hydrogen-bond donors (Lipinski definition) is 0. The van der Waals surface area contributed by atoms with Crippen LogP contribution < -0.4 is 0 Å². The second kappa shape index (κ2) is 4.79. The van der Waals surface area contributed by atoms with E-state index in [9.17, 15) is 4.79 Å². The van der Waals surface area contributed by atoms with E-state index in [-0.39, 0.29) is 5.78 Å². The number of nitriles is 1. The number of rotatable bonds is 3. The van der Waals surface area contributed by atoms with E-state index in [1.165, 1.54) is 6.07 Å². The standard InChI is InChI=1S/C9H7Cl2NOS/c1-2-5(4-12)8(13)6-3-7(10)14-9(6)11/h3,5H,2H2,1H3. The van der Waals surface area contributed by atoms with Crippen LogP contribution in [0.3, 0.4) is 0 Å². The molecule has 0 bridgehead atoms. The maximum absolute atomic E-state index is 11.7. The van der Waals surface area contributed by atoms with Gasteiger partial charge >= 0.3 is 0 Å². The highest BCUT2D eigenvalue weighted by Crippen LogP contribution is 2.32. The average molecular weight is 248 g/mol. The molecule has 2 nitrogen and oxygen atoms in total. The third kappa shape index (κ3) is 2.27. The van der Waals surface area contributed by atoms with E-state index in [0.717, 1.165) is 11.3 Å². The zero-order valence-corrected chi connectivity index (χ0v) is 9.71. The lowest BCUT2D eigenvalue weighted by atomic mass is 9.99. The second-order valence-electron chi connectivity index (χ2n) is 2.69. The van der Waals surface area contributed by atoms with Crippen molar-refractivity contribution in [2.45, 2.75) is 13.3 Å². The molecule has 0 aromatic carbocycles. The third-order valence-corrected chi connectivity index (χ3v) is 3.29. The minimum absolute atomic E-state index is 0.247. The van der Waals surface area contributed by atoms with Gasteiger partial charge in [0.2, 0.25) is 0 Å². The van der Waals surface area contributed by atoms with E-state index in [2.05, 4.69) is 0 Å². The van der Waals surface area contributed by atoms with Crippen LogP contribution >= 0.6 is 34.5 Å². The number of halogens is 2. The summed E-state index contributed by atoms with van der Waals surface area (Å²) < 4.78 is 0.819. The van der Waals surface area contributed by atoms with Crippen LogP contribution in [0.1, 0.15) is 23.7 Å². The van der Waals surface area contributed by atoms with Crippen molar-refractivity contribution in [2.75, 3.05) is 0 Å². The van der Waals surface area contributed by atoms with Crippen molar-refractivity contribution in [2.24, 2.45) is 5.92 Å². The molecule has 5 heteroatoms. The van der Waals surface area contributed by atoms with Gasteiger partial charge in [0.05, 0.1) is 16.0 Å². The average Bonchev–Trinajstić information content (AvgIpc) is 2.47. The summed E-state index contributed by atoms with van der Waals surface area (Å²) in [5, 5.41) is 8.71. The third-order valence-electron chi connectivity index (χ3n) is 1.80. The van der Waals surface area contributed by atoms with Gasteiger partial charge in [-0.1, -0.05) is 30.1 Å². The fourth-order valence-corrected chi connectivity index (χ4v) is 2.50. The lowest BCUT2D eigenvalue weighted by molar-refractivity contribution is 0.0947. The van der Waals surface area contributed by atoms with Crippen molar-refractivity contribution in [1.29, 1.82) is 5.26 Å². The van der Waals surface area contributed by atoms with E-state index in [0.29, 0.717) is 20.7 Å². The predicted octanol–water partition coefficient (Wildman–Crippen LogP) is 3.79. The molecule has 1 aromatic rings. The van der Waals surface area contributed by atoms with Crippen molar-refractivity contribution < 1.29 is 4.79 Å². The molecule has 14 heavy (non-hydrogen) atoms. The van der Waals surface area contributed by atoms with Crippen LogP contribution in [-0.2, 0) is 0 Å². The minimum Gasteiger partial charge on any atom is -0.293 e. The Labute approximate surface area is 96.1 Å². The SMILES string of the molecule is CCC(C#N)C(=O)c1cc(Cl)sc1Cl. The summed E-state index contributed by atoms with van der Waals surface area (Å²) in [7, 11) is 0. The Balaban J connectivity index is 3.01. The van der Waals surface area contributed by atoms with Gasteiger partial charge in [-0.05, 0) is 12.5 Å². The van der Waals surface area contributed by atoms with Gasteiger partial charge in [-0.15, -0.1) is 11.3 Å². The molecule has 0 N–H and O–H groups in total. The van der Waals surface area contributed by atoms with Crippen LogP contribution in [0.15, 0.2) is 6.07 Å². The Hall–Kier alpha value is -0.560. The van der Waals surface area contributed by atoms with E-state index >= 15 is 0 Å². The summed E-state index contributed by atoms with van der Waals surface area (Å²) in [5.41, 5.74) is 0.357. The lowest BCUT2D eigenvalue weighted by Crippen LogP contribution is -2.11. The number of Topliss-reactive ketones (excluding diaryl/α,β-unsaturated/α-hetero) is 1. The first kappa shape index (κ1) is 11.5. The molecule has 0 saturated carbocycles. The van der Waals surface area contributed by atoms with Gasteiger partial charge in [-0.2, -0.15) is 5.26 Å². The summed E-state index contributed by atoms with van der Waals surface area (Å²) in [5.74, 6) is -0.874. The largest absolute Gasteiger partial charge is 0.293 e. The van der Waals surface area contributed by atoms with Gasteiger partial charge in [0.25, 0.3) is 0 Å². The number of nitrogens with zero attached hydrogens (tertiary/aromatic N) is 1. The smallest absolute Gasteiger partial charge is 0.182 e. The molecule has 0 aliphatic rings. The Morgan fingerprint density at radius 3 is 2.71 bits per heavy atom. The fourth-order valence-electron chi connectivity index (χ4n) is 1.03. The maximum Gasteiger partial charge on any atom is 0.182 e. The molecule has 0 aliphatic carbocycles. The van der Waals surface area contributed by atoms with E-state index in [4.69, 9.17) is 28.5 Å². The summed E-state index contributed by atoms with van der Waals surface area (Å²) >= 11 is 12.6. The molecule has 0 radical (unpaired) electrons. The predicted molar refractivity (Wildman–Crippen MR) is 58.1 cm³/mol. The van der Waals surface area contributed by atoms with E-state index < -0.39 is 5.92 Å². The minimum atomic E-state index is -0.627.